The first kappa shape index (κ1) is 15.3. The van der Waals surface area contributed by atoms with Crippen molar-refractivity contribution in [1.82, 2.24) is 4.90 Å². The lowest BCUT2D eigenvalue weighted by molar-refractivity contribution is -0.157. The van der Waals surface area contributed by atoms with E-state index in [1.165, 1.54) is 4.90 Å². The largest absolute Gasteiger partial charge is 0.481 e. The van der Waals surface area contributed by atoms with Gasteiger partial charge in [-0.25, -0.2) is 4.79 Å². The number of hydrogen-bond donors (Lipinski definition) is 2. The van der Waals surface area contributed by atoms with E-state index < -0.39 is 29.9 Å². The van der Waals surface area contributed by atoms with Crippen LogP contribution in [-0.4, -0.2) is 52.8 Å². The molecule has 1 aliphatic heterocycles. The predicted molar refractivity (Wildman–Crippen MR) is 64.7 cm³/mol. The first-order chi connectivity index (χ1) is 8.97. The van der Waals surface area contributed by atoms with Crippen LogP contribution >= 0.6 is 0 Å². The number of nitrogens with zero attached hydrogens (tertiary/aromatic N) is 1. The van der Waals surface area contributed by atoms with Gasteiger partial charge in [-0.2, -0.15) is 0 Å². The monoisotopic (exact) mass is 273 g/mol. The van der Waals surface area contributed by atoms with Crippen molar-refractivity contribution in [2.24, 2.45) is 11.8 Å². The van der Waals surface area contributed by atoms with E-state index in [1.807, 2.05) is 6.92 Å². The Kier molecular flexibility index (Phi) is 5.59. The van der Waals surface area contributed by atoms with Gasteiger partial charge >= 0.3 is 18.0 Å². The third-order valence-corrected chi connectivity index (χ3v) is 3.21. The summed E-state index contributed by atoms with van der Waals surface area (Å²) in [4.78, 5) is 34.8. The molecule has 2 N–H and O–H groups in total. The molecule has 0 radical (unpaired) electrons. The molecule has 1 saturated heterocycles. The molecular formula is C12H19NO6. The zero-order chi connectivity index (χ0) is 14.4. The Bertz CT molecular complexity index is 342. The normalized spacial score (nSPS) is 18.6. The van der Waals surface area contributed by atoms with E-state index in [0.29, 0.717) is 19.6 Å². The summed E-state index contributed by atoms with van der Waals surface area (Å²) in [6, 6.07) is 0. The Morgan fingerprint density at radius 1 is 1.32 bits per heavy atom. The van der Waals surface area contributed by atoms with Crippen LogP contribution in [0.1, 0.15) is 26.2 Å². The number of amides is 1. The standard InChI is InChI=1S/C12H19NO6/c1-2-3-6-19-12(18)13-5-4-8(7-13)9(10(14)15)11(16)17/h8-9H,2-7H2,1H3,(H,14,15)(H,16,17). The summed E-state index contributed by atoms with van der Waals surface area (Å²) in [7, 11) is 0. The number of hydrogen-bond acceptors (Lipinski definition) is 4. The van der Waals surface area contributed by atoms with Crippen molar-refractivity contribution in [2.75, 3.05) is 19.7 Å². The van der Waals surface area contributed by atoms with Gasteiger partial charge < -0.3 is 19.8 Å². The second-order valence-electron chi connectivity index (χ2n) is 4.62. The fraction of sp³-hybridized carbons (Fsp3) is 0.750. The van der Waals surface area contributed by atoms with Gasteiger partial charge in [-0.15, -0.1) is 0 Å². The van der Waals surface area contributed by atoms with E-state index in [1.54, 1.807) is 0 Å². The van der Waals surface area contributed by atoms with E-state index in [-0.39, 0.29) is 6.54 Å². The molecule has 0 bridgehead atoms. The number of carboxylic acid groups (broad SMARTS) is 2. The fourth-order valence-corrected chi connectivity index (χ4v) is 2.13. The molecule has 0 aliphatic carbocycles. The first-order valence-corrected chi connectivity index (χ1v) is 6.34. The Labute approximate surface area is 111 Å². The molecule has 7 heteroatoms. The molecule has 1 fully saturated rings. The number of unbranched alkanes of at least 4 members (excludes halogenated alkanes) is 1. The Hall–Kier alpha value is -1.79. The summed E-state index contributed by atoms with van der Waals surface area (Å²) < 4.78 is 5.01. The van der Waals surface area contributed by atoms with Gasteiger partial charge in [0.2, 0.25) is 0 Å². The summed E-state index contributed by atoms with van der Waals surface area (Å²) in [5.74, 6) is -4.75. The minimum Gasteiger partial charge on any atom is -0.481 e. The van der Waals surface area contributed by atoms with Crippen molar-refractivity contribution < 1.29 is 29.3 Å². The van der Waals surface area contributed by atoms with Gasteiger partial charge in [-0.1, -0.05) is 13.3 Å². The number of rotatable bonds is 6. The van der Waals surface area contributed by atoms with Gasteiger partial charge in [0.25, 0.3) is 0 Å². The Morgan fingerprint density at radius 3 is 2.47 bits per heavy atom. The molecular weight excluding hydrogens is 254 g/mol. The van der Waals surface area contributed by atoms with Crippen LogP contribution in [-0.2, 0) is 14.3 Å². The van der Waals surface area contributed by atoms with Crippen LogP contribution in [0.15, 0.2) is 0 Å². The average Bonchev–Trinajstić information content (AvgIpc) is 2.77. The zero-order valence-corrected chi connectivity index (χ0v) is 10.9. The van der Waals surface area contributed by atoms with E-state index in [0.717, 1.165) is 12.8 Å². The number of ether oxygens (including phenoxy) is 1. The summed E-state index contributed by atoms with van der Waals surface area (Å²) in [6.07, 6.45) is 1.56. The van der Waals surface area contributed by atoms with Gasteiger partial charge in [0.05, 0.1) is 6.61 Å². The van der Waals surface area contributed by atoms with E-state index in [2.05, 4.69) is 0 Å². The molecule has 1 aliphatic rings. The summed E-state index contributed by atoms with van der Waals surface area (Å²) >= 11 is 0. The highest BCUT2D eigenvalue weighted by atomic mass is 16.6. The molecule has 0 spiro atoms. The SMILES string of the molecule is CCCCOC(=O)N1CCC(C(C(=O)O)C(=O)O)C1. The quantitative estimate of drug-likeness (QED) is 0.553. The zero-order valence-electron chi connectivity index (χ0n) is 10.9. The summed E-state index contributed by atoms with van der Waals surface area (Å²) in [6.45, 7) is 2.77. The lowest BCUT2D eigenvalue weighted by Crippen LogP contribution is -2.35. The molecule has 19 heavy (non-hydrogen) atoms. The van der Waals surface area contributed by atoms with Crippen molar-refractivity contribution in [1.29, 1.82) is 0 Å². The second kappa shape index (κ2) is 6.96. The maximum atomic E-state index is 11.6. The third kappa shape index (κ3) is 4.11. The first-order valence-electron chi connectivity index (χ1n) is 6.34. The second-order valence-corrected chi connectivity index (χ2v) is 4.62. The van der Waals surface area contributed by atoms with Crippen LogP contribution in [0.25, 0.3) is 0 Å². The number of carbonyl (C=O) groups excluding carboxylic acids is 1. The molecule has 1 amide bonds. The van der Waals surface area contributed by atoms with Gasteiger partial charge in [0.15, 0.2) is 5.92 Å². The topological polar surface area (TPSA) is 104 Å². The highest BCUT2D eigenvalue weighted by Gasteiger charge is 2.40. The molecule has 1 atom stereocenters. The third-order valence-electron chi connectivity index (χ3n) is 3.21. The molecule has 7 nitrogen and oxygen atoms in total. The van der Waals surface area contributed by atoms with Crippen molar-refractivity contribution in [3.8, 4) is 0 Å². The van der Waals surface area contributed by atoms with Crippen molar-refractivity contribution in [3.63, 3.8) is 0 Å². The van der Waals surface area contributed by atoms with E-state index in [4.69, 9.17) is 14.9 Å². The van der Waals surface area contributed by atoms with Crippen molar-refractivity contribution >= 4 is 18.0 Å². The fourth-order valence-electron chi connectivity index (χ4n) is 2.13. The Balaban J connectivity index is 2.50. The lowest BCUT2D eigenvalue weighted by atomic mass is 9.92. The minimum atomic E-state index is -1.46. The number of carboxylic acids is 2. The van der Waals surface area contributed by atoms with Gasteiger partial charge in [0.1, 0.15) is 0 Å². The van der Waals surface area contributed by atoms with E-state index >= 15 is 0 Å². The van der Waals surface area contributed by atoms with Crippen LogP contribution in [0.2, 0.25) is 0 Å². The Morgan fingerprint density at radius 2 is 1.95 bits per heavy atom. The molecule has 0 saturated carbocycles. The van der Waals surface area contributed by atoms with Crippen LogP contribution in [0.5, 0.6) is 0 Å². The van der Waals surface area contributed by atoms with Crippen LogP contribution in [0, 0.1) is 11.8 Å². The van der Waals surface area contributed by atoms with Crippen molar-refractivity contribution in [2.45, 2.75) is 26.2 Å². The molecule has 1 unspecified atom stereocenters. The molecule has 1 rings (SSSR count). The van der Waals surface area contributed by atoms with Crippen LogP contribution in [0.3, 0.4) is 0 Å². The molecule has 0 aromatic rings. The van der Waals surface area contributed by atoms with Gasteiger partial charge in [-0.05, 0) is 12.8 Å². The maximum Gasteiger partial charge on any atom is 0.409 e. The molecule has 0 aromatic carbocycles. The number of carbonyl (C=O) groups is 3. The highest BCUT2D eigenvalue weighted by molar-refractivity contribution is 5.93. The minimum absolute atomic E-state index is 0.119. The van der Waals surface area contributed by atoms with Crippen LogP contribution in [0.4, 0.5) is 4.79 Å². The lowest BCUT2D eigenvalue weighted by Gasteiger charge is -2.18. The smallest absolute Gasteiger partial charge is 0.409 e. The highest BCUT2D eigenvalue weighted by Crippen LogP contribution is 2.25. The molecule has 0 aromatic heterocycles. The molecule has 108 valence electrons. The number of aliphatic carboxylic acids is 2. The van der Waals surface area contributed by atoms with Crippen LogP contribution < -0.4 is 0 Å². The summed E-state index contributed by atoms with van der Waals surface area (Å²) in [5.41, 5.74) is 0. The van der Waals surface area contributed by atoms with Gasteiger partial charge in [0, 0.05) is 19.0 Å². The molecule has 1 heterocycles. The van der Waals surface area contributed by atoms with Crippen molar-refractivity contribution in [3.05, 3.63) is 0 Å². The predicted octanol–water partition coefficient (Wildman–Crippen LogP) is 1.03. The van der Waals surface area contributed by atoms with E-state index in [9.17, 15) is 14.4 Å². The van der Waals surface area contributed by atoms with Gasteiger partial charge in [-0.3, -0.25) is 9.59 Å². The maximum absolute atomic E-state index is 11.6. The summed E-state index contributed by atoms with van der Waals surface area (Å²) in [5, 5.41) is 17.8. The number of likely N-dealkylation sites (tertiary alicyclic amines) is 1. The average molecular weight is 273 g/mol.